The summed E-state index contributed by atoms with van der Waals surface area (Å²) in [6.07, 6.45) is 2.33. The quantitative estimate of drug-likeness (QED) is 0.846. The molecule has 0 saturated carbocycles. The van der Waals surface area contributed by atoms with Crippen molar-refractivity contribution >= 4 is 17.5 Å². The lowest BCUT2D eigenvalue weighted by atomic mass is 9.89. The van der Waals surface area contributed by atoms with Crippen LogP contribution in [0.15, 0.2) is 48.7 Å². The third-order valence-corrected chi connectivity index (χ3v) is 5.08. The topological polar surface area (TPSA) is 83.6 Å². The van der Waals surface area contributed by atoms with E-state index in [1.54, 1.807) is 12.3 Å². The Bertz CT molecular complexity index is 834. The van der Waals surface area contributed by atoms with Crippen molar-refractivity contribution in [3.8, 4) is 0 Å². The summed E-state index contributed by atoms with van der Waals surface area (Å²) in [5, 5.41) is 5.94. The van der Waals surface area contributed by atoms with E-state index in [9.17, 15) is 9.59 Å². The number of anilines is 1. The van der Waals surface area contributed by atoms with Gasteiger partial charge in [0, 0.05) is 38.0 Å². The van der Waals surface area contributed by atoms with Crippen LogP contribution in [-0.2, 0) is 15.1 Å². The number of amides is 2. The highest BCUT2D eigenvalue weighted by molar-refractivity contribution is 5.94. The van der Waals surface area contributed by atoms with Gasteiger partial charge in [-0.1, -0.05) is 30.3 Å². The van der Waals surface area contributed by atoms with E-state index in [1.807, 2.05) is 41.3 Å². The number of aromatic nitrogens is 1. The Labute approximate surface area is 157 Å². The fourth-order valence-electron chi connectivity index (χ4n) is 3.60. The van der Waals surface area contributed by atoms with Crippen molar-refractivity contribution in [1.82, 2.24) is 15.6 Å². The van der Waals surface area contributed by atoms with Gasteiger partial charge >= 0.3 is 0 Å². The standard InChI is InChI=1S/C20H22N4O3/c25-18-13-24(10-9-22-18)16-6-8-21-17(12-16)19(26)23-20(7-11-27-14-20)15-4-2-1-3-5-15/h1-6,8,12H,7,9-11,13-14H2,(H,22,25)(H,23,26). The molecule has 27 heavy (non-hydrogen) atoms. The predicted molar refractivity (Wildman–Crippen MR) is 100 cm³/mol. The minimum absolute atomic E-state index is 0.0183. The van der Waals surface area contributed by atoms with Gasteiger partial charge in [-0.25, -0.2) is 0 Å². The van der Waals surface area contributed by atoms with Gasteiger partial charge in [0.1, 0.15) is 5.69 Å². The van der Waals surface area contributed by atoms with E-state index in [-0.39, 0.29) is 18.4 Å². The van der Waals surface area contributed by atoms with E-state index in [0.717, 1.165) is 17.7 Å². The van der Waals surface area contributed by atoms with Crippen LogP contribution >= 0.6 is 0 Å². The lowest BCUT2D eigenvalue weighted by molar-refractivity contribution is -0.120. The normalized spacial score (nSPS) is 22.4. The summed E-state index contributed by atoms with van der Waals surface area (Å²) >= 11 is 0. The molecule has 2 aliphatic rings. The van der Waals surface area contributed by atoms with Crippen molar-refractivity contribution in [3.63, 3.8) is 0 Å². The van der Waals surface area contributed by atoms with Crippen LogP contribution < -0.4 is 15.5 Å². The van der Waals surface area contributed by atoms with Crippen LogP contribution in [0.5, 0.6) is 0 Å². The highest BCUT2D eigenvalue weighted by atomic mass is 16.5. The van der Waals surface area contributed by atoms with Crippen LogP contribution in [0.25, 0.3) is 0 Å². The molecule has 140 valence electrons. The third-order valence-electron chi connectivity index (χ3n) is 5.08. The Morgan fingerprint density at radius 3 is 2.85 bits per heavy atom. The van der Waals surface area contributed by atoms with E-state index in [1.165, 1.54) is 0 Å². The van der Waals surface area contributed by atoms with Gasteiger partial charge in [0.15, 0.2) is 0 Å². The minimum atomic E-state index is -0.541. The molecule has 2 aliphatic heterocycles. The molecular weight excluding hydrogens is 344 g/mol. The summed E-state index contributed by atoms with van der Waals surface area (Å²) < 4.78 is 5.59. The molecule has 1 aromatic heterocycles. The summed E-state index contributed by atoms with van der Waals surface area (Å²) in [6.45, 7) is 2.63. The number of nitrogens with one attached hydrogen (secondary N) is 2. The van der Waals surface area contributed by atoms with Gasteiger partial charge in [-0.15, -0.1) is 0 Å². The number of nitrogens with zero attached hydrogens (tertiary/aromatic N) is 2. The Morgan fingerprint density at radius 2 is 2.11 bits per heavy atom. The molecule has 4 rings (SSSR count). The monoisotopic (exact) mass is 366 g/mol. The second-order valence-corrected chi connectivity index (χ2v) is 6.88. The van der Waals surface area contributed by atoms with E-state index in [2.05, 4.69) is 15.6 Å². The van der Waals surface area contributed by atoms with E-state index in [4.69, 9.17) is 4.74 Å². The van der Waals surface area contributed by atoms with Crippen molar-refractivity contribution in [1.29, 1.82) is 0 Å². The van der Waals surface area contributed by atoms with Gasteiger partial charge in [-0.3, -0.25) is 14.6 Å². The van der Waals surface area contributed by atoms with Crippen LogP contribution in [0, 0.1) is 0 Å². The molecule has 2 N–H and O–H groups in total. The summed E-state index contributed by atoms with van der Waals surface area (Å²) in [6, 6.07) is 13.4. The van der Waals surface area contributed by atoms with Gasteiger partial charge in [-0.2, -0.15) is 0 Å². The van der Waals surface area contributed by atoms with Crippen molar-refractivity contribution in [2.24, 2.45) is 0 Å². The van der Waals surface area contributed by atoms with Gasteiger partial charge in [0.2, 0.25) is 5.91 Å². The fraction of sp³-hybridized carbons (Fsp3) is 0.350. The SMILES string of the molecule is O=C1CN(c2ccnc(C(=O)NC3(c4ccccc4)CCOC3)c2)CCN1. The molecule has 0 radical (unpaired) electrons. The Hall–Kier alpha value is -2.93. The first-order valence-corrected chi connectivity index (χ1v) is 9.10. The summed E-state index contributed by atoms with van der Waals surface area (Å²) in [4.78, 5) is 30.8. The molecule has 1 aromatic carbocycles. The largest absolute Gasteiger partial charge is 0.379 e. The summed E-state index contributed by atoms with van der Waals surface area (Å²) in [7, 11) is 0. The molecule has 7 heteroatoms. The van der Waals surface area contributed by atoms with Crippen molar-refractivity contribution in [2.45, 2.75) is 12.0 Å². The highest BCUT2D eigenvalue weighted by Crippen LogP contribution is 2.31. The minimum Gasteiger partial charge on any atom is -0.379 e. The zero-order valence-corrected chi connectivity index (χ0v) is 15.0. The number of ether oxygens (including phenoxy) is 1. The van der Waals surface area contributed by atoms with Gasteiger partial charge in [-0.05, 0) is 17.7 Å². The number of hydrogen-bond donors (Lipinski definition) is 2. The number of pyridine rings is 1. The molecule has 0 aliphatic carbocycles. The fourth-order valence-corrected chi connectivity index (χ4v) is 3.60. The first-order valence-electron chi connectivity index (χ1n) is 9.10. The number of piperazine rings is 1. The average molecular weight is 366 g/mol. The van der Waals surface area contributed by atoms with Gasteiger partial charge < -0.3 is 20.3 Å². The maximum Gasteiger partial charge on any atom is 0.270 e. The Balaban J connectivity index is 1.56. The molecule has 7 nitrogen and oxygen atoms in total. The number of benzene rings is 1. The second kappa shape index (κ2) is 7.36. The number of carbonyl (C=O) groups is 2. The van der Waals surface area contributed by atoms with Crippen LogP contribution in [0.1, 0.15) is 22.5 Å². The maximum atomic E-state index is 13.0. The molecule has 3 heterocycles. The van der Waals surface area contributed by atoms with Crippen LogP contribution in [0.2, 0.25) is 0 Å². The molecular formula is C20H22N4O3. The van der Waals surface area contributed by atoms with Crippen LogP contribution in [0.4, 0.5) is 5.69 Å². The number of carbonyl (C=O) groups excluding carboxylic acids is 2. The lowest BCUT2D eigenvalue weighted by Gasteiger charge is -2.30. The van der Waals surface area contributed by atoms with Crippen molar-refractivity contribution in [2.75, 3.05) is 37.7 Å². The molecule has 2 fully saturated rings. The number of rotatable bonds is 4. The second-order valence-electron chi connectivity index (χ2n) is 6.88. The van der Waals surface area contributed by atoms with E-state index < -0.39 is 5.54 Å². The predicted octanol–water partition coefficient (Wildman–Crippen LogP) is 1.06. The smallest absolute Gasteiger partial charge is 0.270 e. The van der Waals surface area contributed by atoms with E-state index in [0.29, 0.717) is 32.0 Å². The molecule has 2 aromatic rings. The zero-order chi connectivity index (χ0) is 18.7. The van der Waals surface area contributed by atoms with Crippen LogP contribution in [0.3, 0.4) is 0 Å². The molecule has 1 atom stereocenters. The molecule has 0 bridgehead atoms. The summed E-state index contributed by atoms with van der Waals surface area (Å²) in [5.74, 6) is -0.261. The van der Waals surface area contributed by atoms with E-state index >= 15 is 0 Å². The van der Waals surface area contributed by atoms with Gasteiger partial charge in [0.25, 0.3) is 5.91 Å². The first kappa shape index (κ1) is 17.5. The highest BCUT2D eigenvalue weighted by Gasteiger charge is 2.38. The summed E-state index contributed by atoms with van der Waals surface area (Å²) in [5.41, 5.74) is 1.64. The first-order chi connectivity index (χ1) is 13.2. The zero-order valence-electron chi connectivity index (χ0n) is 15.0. The van der Waals surface area contributed by atoms with Crippen molar-refractivity contribution in [3.05, 3.63) is 59.9 Å². The Kier molecular flexibility index (Phi) is 4.77. The molecule has 2 amide bonds. The lowest BCUT2D eigenvalue weighted by Crippen LogP contribution is -2.48. The van der Waals surface area contributed by atoms with Gasteiger partial charge in [0.05, 0.1) is 18.7 Å². The van der Waals surface area contributed by atoms with Crippen LogP contribution in [-0.4, -0.2) is 49.6 Å². The third kappa shape index (κ3) is 3.64. The molecule has 2 saturated heterocycles. The molecule has 1 unspecified atom stereocenters. The van der Waals surface area contributed by atoms with Crippen molar-refractivity contribution < 1.29 is 14.3 Å². The Morgan fingerprint density at radius 1 is 1.26 bits per heavy atom. The molecule has 0 spiro atoms. The number of hydrogen-bond acceptors (Lipinski definition) is 5. The average Bonchev–Trinajstić information content (AvgIpc) is 3.18. The maximum absolute atomic E-state index is 13.0.